The highest BCUT2D eigenvalue weighted by Gasteiger charge is 2.27. The normalized spacial score (nSPS) is 15.0. The Morgan fingerprint density at radius 2 is 2.00 bits per heavy atom. The molecule has 1 unspecified atom stereocenters. The van der Waals surface area contributed by atoms with Crippen LogP contribution in [0.1, 0.15) is 17.3 Å². The van der Waals surface area contributed by atoms with Gasteiger partial charge in [-0.25, -0.2) is 0 Å². The van der Waals surface area contributed by atoms with Crippen molar-refractivity contribution in [2.75, 3.05) is 5.88 Å². The van der Waals surface area contributed by atoms with E-state index >= 15 is 0 Å². The molecule has 0 saturated carbocycles. The number of halogens is 1. The maximum Gasteiger partial charge on any atom is 0.183 e. The topological polar surface area (TPSA) is 43.1 Å². The van der Waals surface area contributed by atoms with E-state index in [4.69, 9.17) is 17.3 Å². The van der Waals surface area contributed by atoms with E-state index in [0.29, 0.717) is 5.56 Å². The van der Waals surface area contributed by atoms with E-state index in [1.807, 2.05) is 6.07 Å². The first-order chi connectivity index (χ1) is 6.08. The zero-order chi connectivity index (χ0) is 9.90. The number of hydrogen-bond donors (Lipinski definition) is 1. The van der Waals surface area contributed by atoms with Crippen LogP contribution in [0.25, 0.3) is 0 Å². The standard InChI is InChI=1S/C10H12ClNO/c1-10(12,7-11)9(13)8-5-3-2-4-6-8/h2-6H,7,12H2,1H3. The van der Waals surface area contributed by atoms with Gasteiger partial charge in [-0.05, 0) is 6.92 Å². The van der Waals surface area contributed by atoms with Crippen LogP contribution in [0.15, 0.2) is 30.3 Å². The van der Waals surface area contributed by atoms with Gasteiger partial charge in [-0.15, -0.1) is 11.6 Å². The molecule has 0 bridgehead atoms. The monoisotopic (exact) mass is 197 g/mol. The minimum absolute atomic E-state index is 0.122. The number of ketones is 1. The van der Waals surface area contributed by atoms with Crippen molar-refractivity contribution in [1.29, 1.82) is 0 Å². The minimum atomic E-state index is -0.969. The largest absolute Gasteiger partial charge is 0.318 e. The fourth-order valence-electron chi connectivity index (χ4n) is 0.980. The molecule has 0 radical (unpaired) electrons. The average Bonchev–Trinajstić information content (AvgIpc) is 2.18. The minimum Gasteiger partial charge on any atom is -0.318 e. The lowest BCUT2D eigenvalue weighted by atomic mass is 9.94. The molecule has 0 aliphatic rings. The Morgan fingerprint density at radius 1 is 1.46 bits per heavy atom. The number of alkyl halides is 1. The summed E-state index contributed by atoms with van der Waals surface area (Å²) in [6.45, 7) is 1.63. The Kier molecular flexibility index (Phi) is 3.07. The number of nitrogens with two attached hydrogens (primary N) is 1. The Balaban J connectivity index is 2.93. The third-order valence-corrected chi connectivity index (χ3v) is 2.39. The van der Waals surface area contributed by atoms with Crippen molar-refractivity contribution in [2.24, 2.45) is 5.73 Å². The third kappa shape index (κ3) is 2.29. The number of benzene rings is 1. The van der Waals surface area contributed by atoms with Gasteiger partial charge in [0.05, 0.1) is 5.54 Å². The molecule has 0 spiro atoms. The second kappa shape index (κ2) is 3.90. The Bertz CT molecular complexity index is 295. The first-order valence-corrected chi connectivity index (χ1v) is 4.56. The maximum atomic E-state index is 11.7. The van der Waals surface area contributed by atoms with E-state index in [2.05, 4.69) is 0 Å². The first kappa shape index (κ1) is 10.2. The zero-order valence-electron chi connectivity index (χ0n) is 7.46. The number of rotatable bonds is 3. The summed E-state index contributed by atoms with van der Waals surface area (Å²) in [5, 5.41) is 0. The third-order valence-electron chi connectivity index (χ3n) is 1.83. The van der Waals surface area contributed by atoms with Crippen LogP contribution in [-0.2, 0) is 0 Å². The molecular formula is C10H12ClNO. The summed E-state index contributed by atoms with van der Waals surface area (Å²) < 4.78 is 0. The quantitative estimate of drug-likeness (QED) is 0.594. The maximum absolute atomic E-state index is 11.7. The van der Waals surface area contributed by atoms with Crippen molar-refractivity contribution in [3.8, 4) is 0 Å². The van der Waals surface area contributed by atoms with Crippen LogP contribution in [-0.4, -0.2) is 17.2 Å². The molecule has 1 aromatic carbocycles. The van der Waals surface area contributed by atoms with Gasteiger partial charge in [0.2, 0.25) is 0 Å². The molecule has 13 heavy (non-hydrogen) atoms. The average molecular weight is 198 g/mol. The fourth-order valence-corrected chi connectivity index (χ4v) is 1.10. The highest BCUT2D eigenvalue weighted by atomic mass is 35.5. The Labute approximate surface area is 82.7 Å². The lowest BCUT2D eigenvalue weighted by molar-refractivity contribution is 0.0916. The predicted octanol–water partition coefficient (Wildman–Crippen LogP) is 1.83. The molecule has 1 aromatic rings. The fraction of sp³-hybridized carbons (Fsp3) is 0.300. The highest BCUT2D eigenvalue weighted by molar-refractivity contribution is 6.22. The van der Waals surface area contributed by atoms with Gasteiger partial charge in [0, 0.05) is 11.4 Å². The first-order valence-electron chi connectivity index (χ1n) is 4.02. The molecule has 0 aromatic heterocycles. The lowest BCUT2D eigenvalue weighted by Crippen LogP contribution is -2.46. The van der Waals surface area contributed by atoms with Crippen LogP contribution in [0.4, 0.5) is 0 Å². The molecule has 3 heteroatoms. The van der Waals surface area contributed by atoms with E-state index in [1.54, 1.807) is 31.2 Å². The van der Waals surface area contributed by atoms with Crippen molar-refractivity contribution in [1.82, 2.24) is 0 Å². The number of Topliss-reactive ketones (excluding diaryl/α,β-unsaturated/α-hetero) is 1. The van der Waals surface area contributed by atoms with Gasteiger partial charge in [0.15, 0.2) is 5.78 Å². The van der Waals surface area contributed by atoms with Crippen LogP contribution in [0.2, 0.25) is 0 Å². The van der Waals surface area contributed by atoms with Gasteiger partial charge in [-0.3, -0.25) is 4.79 Å². The summed E-state index contributed by atoms with van der Waals surface area (Å²) in [4.78, 5) is 11.7. The zero-order valence-corrected chi connectivity index (χ0v) is 8.21. The number of carbonyl (C=O) groups excluding carboxylic acids is 1. The van der Waals surface area contributed by atoms with E-state index < -0.39 is 5.54 Å². The van der Waals surface area contributed by atoms with Gasteiger partial charge < -0.3 is 5.73 Å². The van der Waals surface area contributed by atoms with Gasteiger partial charge in [-0.1, -0.05) is 30.3 Å². The molecule has 0 aliphatic heterocycles. The van der Waals surface area contributed by atoms with Crippen LogP contribution < -0.4 is 5.73 Å². The van der Waals surface area contributed by atoms with Gasteiger partial charge in [-0.2, -0.15) is 0 Å². The van der Waals surface area contributed by atoms with E-state index in [-0.39, 0.29) is 11.7 Å². The molecule has 0 fully saturated rings. The van der Waals surface area contributed by atoms with Gasteiger partial charge >= 0.3 is 0 Å². The molecule has 0 amide bonds. The molecule has 0 heterocycles. The summed E-state index contributed by atoms with van der Waals surface area (Å²) in [5.74, 6) is 0.00359. The second-order valence-corrected chi connectivity index (χ2v) is 3.51. The van der Waals surface area contributed by atoms with Gasteiger partial charge in [0.25, 0.3) is 0 Å². The summed E-state index contributed by atoms with van der Waals surface area (Å²) in [6, 6.07) is 8.93. The summed E-state index contributed by atoms with van der Waals surface area (Å²) in [7, 11) is 0. The van der Waals surface area contributed by atoms with E-state index in [9.17, 15) is 4.79 Å². The SMILES string of the molecule is CC(N)(CCl)C(=O)c1ccccc1. The van der Waals surface area contributed by atoms with Crippen molar-refractivity contribution < 1.29 is 4.79 Å². The molecule has 0 saturated heterocycles. The second-order valence-electron chi connectivity index (χ2n) is 3.25. The van der Waals surface area contributed by atoms with E-state index in [0.717, 1.165) is 0 Å². The molecule has 1 rings (SSSR count). The Hall–Kier alpha value is -0.860. The summed E-state index contributed by atoms with van der Waals surface area (Å²) in [6.07, 6.45) is 0. The number of carbonyl (C=O) groups is 1. The van der Waals surface area contributed by atoms with Crippen molar-refractivity contribution in [3.05, 3.63) is 35.9 Å². The molecule has 1 atom stereocenters. The highest BCUT2D eigenvalue weighted by Crippen LogP contribution is 2.11. The summed E-state index contributed by atoms with van der Waals surface area (Å²) in [5.41, 5.74) is 5.35. The van der Waals surface area contributed by atoms with Crippen LogP contribution in [0.5, 0.6) is 0 Å². The van der Waals surface area contributed by atoms with E-state index in [1.165, 1.54) is 0 Å². The Morgan fingerprint density at radius 3 is 2.46 bits per heavy atom. The molecule has 2 N–H and O–H groups in total. The number of hydrogen-bond acceptors (Lipinski definition) is 2. The predicted molar refractivity (Wildman–Crippen MR) is 54.1 cm³/mol. The smallest absolute Gasteiger partial charge is 0.183 e. The molecule has 2 nitrogen and oxygen atoms in total. The summed E-state index contributed by atoms with van der Waals surface area (Å²) >= 11 is 5.59. The molecule has 70 valence electrons. The van der Waals surface area contributed by atoms with Crippen molar-refractivity contribution in [2.45, 2.75) is 12.5 Å². The molecular weight excluding hydrogens is 186 g/mol. The van der Waals surface area contributed by atoms with Crippen molar-refractivity contribution in [3.63, 3.8) is 0 Å². The lowest BCUT2D eigenvalue weighted by Gasteiger charge is -2.19. The van der Waals surface area contributed by atoms with Crippen LogP contribution >= 0.6 is 11.6 Å². The van der Waals surface area contributed by atoms with Crippen LogP contribution in [0.3, 0.4) is 0 Å². The molecule has 0 aliphatic carbocycles. The van der Waals surface area contributed by atoms with Gasteiger partial charge in [0.1, 0.15) is 0 Å². The van der Waals surface area contributed by atoms with Crippen LogP contribution in [0, 0.1) is 0 Å². The van der Waals surface area contributed by atoms with Crippen molar-refractivity contribution >= 4 is 17.4 Å².